The van der Waals surface area contributed by atoms with Crippen LogP contribution in [-0.2, 0) is 0 Å². The summed E-state index contributed by atoms with van der Waals surface area (Å²) in [4.78, 5) is 0. The summed E-state index contributed by atoms with van der Waals surface area (Å²) in [6.07, 6.45) is 11.9. The number of hydrogen-bond donors (Lipinski definition) is 2. The van der Waals surface area contributed by atoms with Gasteiger partial charge in [0.1, 0.15) is 0 Å². The van der Waals surface area contributed by atoms with Crippen LogP contribution in [-0.4, -0.2) is 11.7 Å². The van der Waals surface area contributed by atoms with E-state index < -0.39 is 0 Å². The Balaban J connectivity index is 1.81. The van der Waals surface area contributed by atoms with Gasteiger partial charge in [0.05, 0.1) is 5.66 Å². The smallest absolute Gasteiger partial charge is 0.0664 e. The molecule has 0 amide bonds. The average Bonchev–Trinajstić information content (AvgIpc) is 2.54. The van der Waals surface area contributed by atoms with Crippen molar-refractivity contribution in [2.24, 2.45) is 5.73 Å². The summed E-state index contributed by atoms with van der Waals surface area (Å²) >= 11 is 0. The van der Waals surface area contributed by atoms with Crippen LogP contribution in [0.3, 0.4) is 0 Å². The van der Waals surface area contributed by atoms with Gasteiger partial charge in [-0.25, -0.2) is 0 Å². The first kappa shape index (κ1) is 9.47. The van der Waals surface area contributed by atoms with Crippen molar-refractivity contribution in [1.82, 2.24) is 5.32 Å². The van der Waals surface area contributed by atoms with Crippen molar-refractivity contribution in [2.75, 3.05) is 0 Å². The maximum absolute atomic E-state index is 6.28. The van der Waals surface area contributed by atoms with E-state index in [1.807, 2.05) is 0 Å². The lowest BCUT2D eigenvalue weighted by atomic mass is 9.94. The molecule has 0 bridgehead atoms. The van der Waals surface area contributed by atoms with Gasteiger partial charge in [-0.15, -0.1) is 0 Å². The lowest BCUT2D eigenvalue weighted by Gasteiger charge is -2.33. The Hall–Kier alpha value is -0.0800. The molecule has 0 heterocycles. The molecule has 2 heteroatoms. The maximum Gasteiger partial charge on any atom is 0.0664 e. The lowest BCUT2D eigenvalue weighted by Crippen LogP contribution is -2.55. The monoisotopic (exact) mass is 182 g/mol. The van der Waals surface area contributed by atoms with Gasteiger partial charge in [0.15, 0.2) is 0 Å². The van der Waals surface area contributed by atoms with E-state index in [-0.39, 0.29) is 5.66 Å². The largest absolute Gasteiger partial charge is 0.313 e. The van der Waals surface area contributed by atoms with E-state index in [1.54, 1.807) is 0 Å². The molecule has 0 aromatic heterocycles. The summed E-state index contributed by atoms with van der Waals surface area (Å²) in [5.74, 6) is 0. The highest BCUT2D eigenvalue weighted by Gasteiger charge is 2.31. The van der Waals surface area contributed by atoms with Crippen LogP contribution in [0.25, 0.3) is 0 Å². The lowest BCUT2D eigenvalue weighted by molar-refractivity contribution is 0.255. The number of nitrogens with two attached hydrogens (primary N) is 1. The number of hydrogen-bond acceptors (Lipinski definition) is 2. The van der Waals surface area contributed by atoms with E-state index >= 15 is 0 Å². The van der Waals surface area contributed by atoms with Crippen molar-refractivity contribution < 1.29 is 0 Å². The molecule has 3 N–H and O–H groups in total. The minimum absolute atomic E-state index is 0.00199. The number of rotatable bonds is 2. The summed E-state index contributed by atoms with van der Waals surface area (Å²) in [7, 11) is 0. The Morgan fingerprint density at radius 1 is 0.923 bits per heavy atom. The molecular weight excluding hydrogens is 160 g/mol. The Bertz CT molecular complexity index is 155. The molecule has 0 unspecified atom stereocenters. The molecule has 2 nitrogen and oxygen atoms in total. The normalized spacial score (nSPS) is 29.3. The first-order valence-electron chi connectivity index (χ1n) is 5.85. The van der Waals surface area contributed by atoms with Crippen LogP contribution >= 0.6 is 0 Å². The van der Waals surface area contributed by atoms with Crippen molar-refractivity contribution in [2.45, 2.75) is 69.5 Å². The summed E-state index contributed by atoms with van der Waals surface area (Å²) in [5, 5.41) is 3.67. The first-order chi connectivity index (χ1) is 6.29. The highest BCUT2D eigenvalue weighted by Crippen LogP contribution is 2.27. The van der Waals surface area contributed by atoms with E-state index in [4.69, 9.17) is 5.73 Å². The van der Waals surface area contributed by atoms with E-state index in [2.05, 4.69) is 5.32 Å². The van der Waals surface area contributed by atoms with Crippen LogP contribution in [0.5, 0.6) is 0 Å². The molecule has 0 aromatic rings. The van der Waals surface area contributed by atoms with E-state index in [1.165, 1.54) is 57.8 Å². The third-order valence-electron chi connectivity index (χ3n) is 3.59. The van der Waals surface area contributed by atoms with Gasteiger partial charge >= 0.3 is 0 Å². The van der Waals surface area contributed by atoms with Gasteiger partial charge in [-0.3, -0.25) is 5.32 Å². The summed E-state index contributed by atoms with van der Waals surface area (Å²) in [6.45, 7) is 0. The Kier molecular flexibility index (Phi) is 2.89. The molecular formula is C11H22N2. The van der Waals surface area contributed by atoms with Crippen molar-refractivity contribution in [3.8, 4) is 0 Å². The molecule has 0 saturated heterocycles. The molecule has 0 aliphatic heterocycles. The molecule has 76 valence electrons. The highest BCUT2D eigenvalue weighted by molar-refractivity contribution is 4.90. The van der Waals surface area contributed by atoms with Gasteiger partial charge in [-0.05, 0) is 25.7 Å². The van der Waals surface area contributed by atoms with Crippen LogP contribution in [0, 0.1) is 0 Å². The molecule has 0 spiro atoms. The maximum atomic E-state index is 6.28. The molecule has 2 rings (SSSR count). The van der Waals surface area contributed by atoms with Gasteiger partial charge in [0, 0.05) is 6.04 Å². The number of nitrogens with one attached hydrogen (secondary N) is 1. The minimum atomic E-state index is 0.00199. The Morgan fingerprint density at radius 2 is 1.54 bits per heavy atom. The molecule has 2 aliphatic rings. The third kappa shape index (κ3) is 2.44. The highest BCUT2D eigenvalue weighted by atomic mass is 15.1. The Labute approximate surface area is 81.3 Å². The molecule has 13 heavy (non-hydrogen) atoms. The van der Waals surface area contributed by atoms with Crippen molar-refractivity contribution >= 4 is 0 Å². The second-order valence-electron chi connectivity index (χ2n) is 4.84. The second-order valence-corrected chi connectivity index (χ2v) is 4.84. The van der Waals surface area contributed by atoms with Gasteiger partial charge in [0.25, 0.3) is 0 Å². The SMILES string of the molecule is NC1(NC2CCCCC2)CCCC1. The zero-order valence-electron chi connectivity index (χ0n) is 8.52. The first-order valence-corrected chi connectivity index (χ1v) is 5.85. The summed E-state index contributed by atoms with van der Waals surface area (Å²) in [5.41, 5.74) is 6.28. The Morgan fingerprint density at radius 3 is 2.15 bits per heavy atom. The molecule has 2 saturated carbocycles. The van der Waals surface area contributed by atoms with Crippen LogP contribution < -0.4 is 11.1 Å². The van der Waals surface area contributed by atoms with Gasteiger partial charge in [0.2, 0.25) is 0 Å². The average molecular weight is 182 g/mol. The van der Waals surface area contributed by atoms with Crippen molar-refractivity contribution in [3.05, 3.63) is 0 Å². The molecule has 0 atom stereocenters. The van der Waals surface area contributed by atoms with Crippen LogP contribution in [0.2, 0.25) is 0 Å². The van der Waals surface area contributed by atoms with E-state index in [0.29, 0.717) is 0 Å². The quantitative estimate of drug-likeness (QED) is 0.642. The predicted molar refractivity (Wildman–Crippen MR) is 55.4 cm³/mol. The summed E-state index contributed by atoms with van der Waals surface area (Å²) < 4.78 is 0. The fourth-order valence-corrected chi connectivity index (χ4v) is 2.80. The third-order valence-corrected chi connectivity index (χ3v) is 3.59. The molecule has 0 radical (unpaired) electrons. The van der Waals surface area contributed by atoms with E-state index in [9.17, 15) is 0 Å². The zero-order valence-corrected chi connectivity index (χ0v) is 8.52. The van der Waals surface area contributed by atoms with Crippen molar-refractivity contribution in [1.29, 1.82) is 0 Å². The standard InChI is InChI=1S/C11H22N2/c12-11(8-4-5-9-11)13-10-6-2-1-3-7-10/h10,13H,1-9,12H2. The second kappa shape index (κ2) is 3.97. The van der Waals surface area contributed by atoms with Gasteiger partial charge in [-0.1, -0.05) is 32.1 Å². The summed E-state index contributed by atoms with van der Waals surface area (Å²) in [6, 6.07) is 0.719. The minimum Gasteiger partial charge on any atom is -0.313 e. The fraction of sp³-hybridized carbons (Fsp3) is 1.00. The van der Waals surface area contributed by atoms with Crippen LogP contribution in [0.15, 0.2) is 0 Å². The van der Waals surface area contributed by atoms with Crippen LogP contribution in [0.1, 0.15) is 57.8 Å². The zero-order chi connectivity index (χ0) is 9.15. The predicted octanol–water partition coefficient (Wildman–Crippen LogP) is 2.14. The van der Waals surface area contributed by atoms with Crippen LogP contribution in [0.4, 0.5) is 0 Å². The van der Waals surface area contributed by atoms with Gasteiger partial charge < -0.3 is 5.73 Å². The topological polar surface area (TPSA) is 38.0 Å². The molecule has 0 aromatic carbocycles. The van der Waals surface area contributed by atoms with Gasteiger partial charge in [-0.2, -0.15) is 0 Å². The van der Waals surface area contributed by atoms with E-state index in [0.717, 1.165) is 6.04 Å². The fourth-order valence-electron chi connectivity index (χ4n) is 2.80. The molecule has 2 aliphatic carbocycles. The molecule has 2 fully saturated rings. The van der Waals surface area contributed by atoms with Crippen molar-refractivity contribution in [3.63, 3.8) is 0 Å².